The van der Waals surface area contributed by atoms with Crippen molar-refractivity contribution in [2.45, 2.75) is 44.6 Å². The molecule has 1 unspecified atom stereocenters. The normalized spacial score (nSPS) is 13.1. The van der Waals surface area contributed by atoms with Crippen LogP contribution in [0.1, 0.15) is 49.4 Å². The molecular weight excluding hydrogens is 392 g/mol. The molecule has 3 aromatic carbocycles. The average molecular weight is 421 g/mol. The molecule has 0 bridgehead atoms. The van der Waals surface area contributed by atoms with E-state index in [1.165, 1.54) is 4.41 Å². The summed E-state index contributed by atoms with van der Waals surface area (Å²) >= 11 is 0. The lowest BCUT2D eigenvalue weighted by Gasteiger charge is -2.29. The van der Waals surface area contributed by atoms with Crippen molar-refractivity contribution in [1.29, 1.82) is 0 Å². The fraction of sp³-hybridized carbons (Fsp3) is 0.240. The summed E-state index contributed by atoms with van der Waals surface area (Å²) in [5.74, 6) is 0. The molecule has 0 radical (unpaired) electrons. The lowest BCUT2D eigenvalue weighted by Crippen LogP contribution is -2.31. The van der Waals surface area contributed by atoms with Crippen molar-refractivity contribution in [1.82, 2.24) is 4.41 Å². The summed E-state index contributed by atoms with van der Waals surface area (Å²) in [5.41, 5.74) is 3.59. The Bertz CT molecular complexity index is 1080. The molecule has 3 rings (SSSR count). The molecule has 3 aromatic rings. The van der Waals surface area contributed by atoms with Crippen LogP contribution in [0, 0.1) is 6.92 Å². The van der Waals surface area contributed by atoms with Gasteiger partial charge >= 0.3 is 0 Å². The number of rotatable bonds is 8. The third-order valence-corrected chi connectivity index (χ3v) is 6.76. The fourth-order valence-electron chi connectivity index (χ4n) is 3.39. The van der Waals surface area contributed by atoms with Crippen LogP contribution < -0.4 is 0 Å². The maximum absolute atomic E-state index is 13.7. The maximum Gasteiger partial charge on any atom is 0.279 e. The van der Waals surface area contributed by atoms with Crippen LogP contribution in [0.25, 0.3) is 0 Å². The van der Waals surface area contributed by atoms with Crippen molar-refractivity contribution in [3.05, 3.63) is 102 Å². The van der Waals surface area contributed by atoms with Crippen LogP contribution in [0.3, 0.4) is 0 Å². The minimum absolute atomic E-state index is 0.245. The van der Waals surface area contributed by atoms with E-state index in [0.717, 1.165) is 22.4 Å². The van der Waals surface area contributed by atoms with Gasteiger partial charge in [0.2, 0.25) is 0 Å². The number of hydrogen-bond acceptors (Lipinski definition) is 3. The molecule has 30 heavy (non-hydrogen) atoms. The Labute approximate surface area is 179 Å². The van der Waals surface area contributed by atoms with Crippen LogP contribution in [0.15, 0.2) is 94.9 Å². The predicted molar refractivity (Wildman–Crippen MR) is 123 cm³/mol. The first-order chi connectivity index (χ1) is 14.5. The standard InChI is InChI=1S/C25H28N2O2S/c1-4-24(21-12-8-6-9-13-21)26-27(25(5-2)22-14-10-7-11-15-22)30(28,29)23-18-16-20(3)17-19-23/h6-19,25H,4-5H2,1-3H3/b26-24+. The SMILES string of the molecule is CC/C(=N\N(C(CC)c1ccccc1)S(=O)(=O)c1ccc(C)cc1)c1ccccc1. The van der Waals surface area contributed by atoms with Crippen molar-refractivity contribution in [3.8, 4) is 0 Å². The zero-order valence-corrected chi connectivity index (χ0v) is 18.5. The molecule has 0 aliphatic rings. The topological polar surface area (TPSA) is 49.7 Å². The minimum atomic E-state index is -3.84. The molecule has 5 heteroatoms. The second kappa shape index (κ2) is 9.72. The molecule has 1 atom stereocenters. The second-order valence-electron chi connectivity index (χ2n) is 7.19. The molecule has 0 saturated carbocycles. The van der Waals surface area contributed by atoms with Gasteiger partial charge in [0, 0.05) is 0 Å². The van der Waals surface area contributed by atoms with Crippen LogP contribution >= 0.6 is 0 Å². The highest BCUT2D eigenvalue weighted by atomic mass is 32.2. The second-order valence-corrected chi connectivity index (χ2v) is 8.99. The largest absolute Gasteiger partial charge is 0.279 e. The Balaban J connectivity index is 2.17. The van der Waals surface area contributed by atoms with Crippen LogP contribution in [0.4, 0.5) is 0 Å². The van der Waals surface area contributed by atoms with Crippen LogP contribution in [0.2, 0.25) is 0 Å². The molecule has 0 N–H and O–H groups in total. The first-order valence-corrected chi connectivity index (χ1v) is 11.7. The van der Waals surface area contributed by atoms with Gasteiger partial charge in [-0.15, -0.1) is 0 Å². The van der Waals surface area contributed by atoms with E-state index < -0.39 is 16.1 Å². The summed E-state index contributed by atoms with van der Waals surface area (Å²) in [7, 11) is -3.84. The van der Waals surface area contributed by atoms with Crippen molar-refractivity contribution in [3.63, 3.8) is 0 Å². The van der Waals surface area contributed by atoms with Gasteiger partial charge in [-0.3, -0.25) is 0 Å². The van der Waals surface area contributed by atoms with E-state index in [9.17, 15) is 8.42 Å². The molecule has 0 spiro atoms. The summed E-state index contributed by atoms with van der Waals surface area (Å²) in [6.45, 7) is 5.92. The molecule has 0 aliphatic heterocycles. The molecule has 0 fully saturated rings. The van der Waals surface area contributed by atoms with E-state index in [1.807, 2.05) is 93.6 Å². The summed E-state index contributed by atoms with van der Waals surface area (Å²) < 4.78 is 28.7. The molecule has 156 valence electrons. The van der Waals surface area contributed by atoms with E-state index in [0.29, 0.717) is 12.8 Å². The minimum Gasteiger partial charge on any atom is -0.200 e. The van der Waals surface area contributed by atoms with E-state index in [1.54, 1.807) is 12.1 Å². The monoisotopic (exact) mass is 420 g/mol. The Kier molecular flexibility index (Phi) is 7.06. The summed E-state index contributed by atoms with van der Waals surface area (Å²) in [4.78, 5) is 0.245. The van der Waals surface area contributed by atoms with Crippen molar-refractivity contribution >= 4 is 15.7 Å². The highest BCUT2D eigenvalue weighted by Crippen LogP contribution is 2.31. The maximum atomic E-state index is 13.7. The number of hydrogen-bond donors (Lipinski definition) is 0. The van der Waals surface area contributed by atoms with Gasteiger partial charge in [0.05, 0.1) is 16.6 Å². The highest BCUT2D eigenvalue weighted by molar-refractivity contribution is 7.89. The van der Waals surface area contributed by atoms with Gasteiger partial charge in [-0.2, -0.15) is 17.9 Å². The van der Waals surface area contributed by atoms with E-state index in [-0.39, 0.29) is 4.90 Å². The van der Waals surface area contributed by atoms with Gasteiger partial charge in [-0.05, 0) is 43.0 Å². The Hall–Kier alpha value is -2.92. The molecule has 0 aromatic heterocycles. The van der Waals surface area contributed by atoms with Gasteiger partial charge in [-0.25, -0.2) is 0 Å². The van der Waals surface area contributed by atoms with Gasteiger partial charge in [0.25, 0.3) is 10.0 Å². The first kappa shape index (κ1) is 21.8. The molecule has 4 nitrogen and oxygen atoms in total. The zero-order chi connectivity index (χ0) is 21.6. The third kappa shape index (κ3) is 4.79. The van der Waals surface area contributed by atoms with Crippen molar-refractivity contribution in [2.24, 2.45) is 5.10 Å². The smallest absolute Gasteiger partial charge is 0.200 e. The van der Waals surface area contributed by atoms with Gasteiger partial charge in [0.1, 0.15) is 0 Å². The summed E-state index contributed by atoms with van der Waals surface area (Å²) in [6, 6.07) is 26.0. The van der Waals surface area contributed by atoms with E-state index in [4.69, 9.17) is 5.10 Å². The predicted octanol–water partition coefficient (Wildman–Crippen LogP) is 5.95. The third-order valence-electron chi connectivity index (χ3n) is 5.06. The number of nitrogens with zero attached hydrogens (tertiary/aromatic N) is 2. The lowest BCUT2D eigenvalue weighted by atomic mass is 10.1. The average Bonchev–Trinajstić information content (AvgIpc) is 2.78. The summed E-state index contributed by atoms with van der Waals surface area (Å²) in [6.07, 6.45) is 1.22. The Morgan fingerprint density at radius 3 is 1.97 bits per heavy atom. The highest BCUT2D eigenvalue weighted by Gasteiger charge is 2.31. The van der Waals surface area contributed by atoms with Gasteiger partial charge < -0.3 is 0 Å². The zero-order valence-electron chi connectivity index (χ0n) is 17.7. The molecule has 0 aliphatic carbocycles. The van der Waals surface area contributed by atoms with Crippen molar-refractivity contribution < 1.29 is 8.42 Å². The molecule has 0 saturated heterocycles. The molecule has 0 amide bonds. The fourth-order valence-corrected chi connectivity index (χ4v) is 4.89. The van der Waals surface area contributed by atoms with Crippen molar-refractivity contribution in [2.75, 3.05) is 0 Å². The molecule has 0 heterocycles. The first-order valence-electron chi connectivity index (χ1n) is 10.3. The van der Waals surface area contributed by atoms with E-state index >= 15 is 0 Å². The Morgan fingerprint density at radius 1 is 0.867 bits per heavy atom. The summed E-state index contributed by atoms with van der Waals surface area (Å²) in [5, 5.41) is 4.74. The van der Waals surface area contributed by atoms with Crippen LogP contribution in [-0.4, -0.2) is 18.5 Å². The van der Waals surface area contributed by atoms with Crippen LogP contribution in [0.5, 0.6) is 0 Å². The number of aryl methyl sites for hydroxylation is 1. The van der Waals surface area contributed by atoms with Gasteiger partial charge in [0.15, 0.2) is 0 Å². The van der Waals surface area contributed by atoms with Gasteiger partial charge in [-0.1, -0.05) is 92.2 Å². The quantitative estimate of drug-likeness (QED) is 0.334. The Morgan fingerprint density at radius 2 is 1.43 bits per heavy atom. The van der Waals surface area contributed by atoms with Crippen LogP contribution in [-0.2, 0) is 10.0 Å². The number of benzene rings is 3. The number of hydrazone groups is 1. The lowest BCUT2D eigenvalue weighted by molar-refractivity contribution is 0.329. The number of sulfonamides is 1. The van der Waals surface area contributed by atoms with E-state index in [2.05, 4.69) is 0 Å². The molecular formula is C25H28N2O2S.